The molecule has 2 heterocycles. The van der Waals surface area contributed by atoms with Crippen LogP contribution >= 0.6 is 0 Å². The van der Waals surface area contributed by atoms with Gasteiger partial charge in [-0.05, 0) is 38.5 Å². The summed E-state index contributed by atoms with van der Waals surface area (Å²) in [5, 5.41) is 10.6. The topological polar surface area (TPSA) is 90.3 Å². The number of alkyl halides is 3. The van der Waals surface area contributed by atoms with E-state index in [0.29, 0.717) is 41.8 Å². The van der Waals surface area contributed by atoms with E-state index in [-0.39, 0.29) is 19.1 Å². The molecule has 36 heavy (non-hydrogen) atoms. The molecule has 0 bridgehead atoms. The van der Waals surface area contributed by atoms with Crippen LogP contribution in [0.15, 0.2) is 12.3 Å². The maximum absolute atomic E-state index is 13.0. The molecule has 0 radical (unpaired) electrons. The molecule has 1 saturated carbocycles. The van der Waals surface area contributed by atoms with E-state index in [2.05, 4.69) is 32.4 Å². The summed E-state index contributed by atoms with van der Waals surface area (Å²) in [6, 6.07) is 1.66. The minimum Gasteiger partial charge on any atom is -0.496 e. The highest BCUT2D eigenvalue weighted by molar-refractivity contribution is 5.95. The minimum atomic E-state index is -4.35. The van der Waals surface area contributed by atoms with Gasteiger partial charge in [0.2, 0.25) is 0 Å². The molecule has 3 rings (SSSR count). The summed E-state index contributed by atoms with van der Waals surface area (Å²) in [5.41, 5.74) is 2.51. The number of nitrogens with zero attached hydrogens (tertiary/aromatic N) is 3. The number of hydrogen-bond donors (Lipinski definition) is 2. The number of halogens is 3. The molecule has 0 atom stereocenters. The van der Waals surface area contributed by atoms with Gasteiger partial charge < -0.3 is 20.1 Å². The second-order valence-electron chi connectivity index (χ2n) is 9.34. The predicted molar refractivity (Wildman–Crippen MR) is 131 cm³/mol. The van der Waals surface area contributed by atoms with Crippen molar-refractivity contribution in [3.8, 4) is 17.0 Å². The number of anilines is 1. The van der Waals surface area contributed by atoms with Crippen molar-refractivity contribution in [3.05, 3.63) is 23.5 Å². The largest absolute Gasteiger partial charge is 0.496 e. The number of methoxy groups -OCH3 is 1. The summed E-state index contributed by atoms with van der Waals surface area (Å²) < 4.78 is 48.5. The third-order valence-corrected chi connectivity index (χ3v) is 6.55. The molecule has 11 heteroatoms. The van der Waals surface area contributed by atoms with E-state index < -0.39 is 12.8 Å². The van der Waals surface area contributed by atoms with Crippen LogP contribution in [0.4, 0.5) is 19.0 Å². The van der Waals surface area contributed by atoms with Gasteiger partial charge in [0.15, 0.2) is 5.69 Å². The monoisotopic (exact) mass is 511 g/mol. The fourth-order valence-electron chi connectivity index (χ4n) is 4.51. The molecule has 1 fully saturated rings. The van der Waals surface area contributed by atoms with Crippen molar-refractivity contribution in [1.29, 1.82) is 0 Å². The fourth-order valence-corrected chi connectivity index (χ4v) is 4.51. The van der Waals surface area contributed by atoms with Crippen LogP contribution in [0.25, 0.3) is 11.3 Å². The molecular weight excluding hydrogens is 475 g/mol. The highest BCUT2D eigenvalue weighted by Gasteiger charge is 2.27. The van der Waals surface area contributed by atoms with Crippen molar-refractivity contribution in [2.45, 2.75) is 59.2 Å². The van der Waals surface area contributed by atoms with Gasteiger partial charge in [-0.2, -0.15) is 18.3 Å². The second kappa shape index (κ2) is 12.4. The van der Waals surface area contributed by atoms with E-state index in [0.717, 1.165) is 30.0 Å². The SMILES string of the molecule is CCn1nc(C(=O)NCC2CCC(C)CC2)c(C)c1-c1cnc(NCCOCC(F)(F)F)cc1OC. The Bertz CT molecular complexity index is 1020. The third kappa shape index (κ3) is 7.35. The van der Waals surface area contributed by atoms with Gasteiger partial charge in [0.25, 0.3) is 5.91 Å². The van der Waals surface area contributed by atoms with E-state index in [9.17, 15) is 18.0 Å². The van der Waals surface area contributed by atoms with Crippen molar-refractivity contribution < 1.29 is 27.4 Å². The van der Waals surface area contributed by atoms with Crippen molar-refractivity contribution in [2.75, 3.05) is 38.7 Å². The molecule has 0 spiro atoms. The maximum Gasteiger partial charge on any atom is 0.411 e. The predicted octanol–water partition coefficient (Wildman–Crippen LogP) is 4.83. The Labute approximate surface area is 209 Å². The van der Waals surface area contributed by atoms with E-state index in [1.165, 1.54) is 20.0 Å². The van der Waals surface area contributed by atoms with E-state index >= 15 is 0 Å². The van der Waals surface area contributed by atoms with Crippen LogP contribution in [-0.4, -0.2) is 60.3 Å². The molecule has 0 saturated heterocycles. The van der Waals surface area contributed by atoms with Gasteiger partial charge in [-0.3, -0.25) is 9.48 Å². The van der Waals surface area contributed by atoms with Crippen molar-refractivity contribution >= 4 is 11.7 Å². The number of carbonyl (C=O) groups is 1. The molecule has 200 valence electrons. The molecule has 1 aliphatic carbocycles. The Balaban J connectivity index is 1.70. The van der Waals surface area contributed by atoms with Gasteiger partial charge >= 0.3 is 6.18 Å². The van der Waals surface area contributed by atoms with Crippen molar-refractivity contribution in [3.63, 3.8) is 0 Å². The summed E-state index contributed by atoms with van der Waals surface area (Å²) in [7, 11) is 1.52. The van der Waals surface area contributed by atoms with Crippen LogP contribution in [0.3, 0.4) is 0 Å². The first-order valence-corrected chi connectivity index (χ1v) is 12.4. The number of ether oxygens (including phenoxy) is 2. The van der Waals surface area contributed by atoms with Crippen LogP contribution in [-0.2, 0) is 11.3 Å². The number of carbonyl (C=O) groups excluding carboxylic acids is 1. The van der Waals surface area contributed by atoms with Crippen LogP contribution in [0.5, 0.6) is 5.75 Å². The fraction of sp³-hybridized carbons (Fsp3) is 0.640. The Morgan fingerprint density at radius 1 is 1.25 bits per heavy atom. The third-order valence-electron chi connectivity index (χ3n) is 6.55. The molecule has 0 unspecified atom stereocenters. The van der Waals surface area contributed by atoms with Crippen LogP contribution < -0.4 is 15.4 Å². The number of pyridine rings is 1. The molecule has 2 N–H and O–H groups in total. The highest BCUT2D eigenvalue weighted by Crippen LogP contribution is 2.34. The molecule has 1 aliphatic rings. The molecule has 0 aromatic carbocycles. The summed E-state index contributed by atoms with van der Waals surface area (Å²) in [6.45, 7) is 6.01. The Morgan fingerprint density at radius 3 is 2.61 bits per heavy atom. The molecule has 0 aliphatic heterocycles. The number of aromatic nitrogens is 3. The van der Waals surface area contributed by atoms with E-state index in [1.54, 1.807) is 16.9 Å². The average Bonchev–Trinajstić information content (AvgIpc) is 3.18. The molecule has 2 aromatic heterocycles. The van der Waals surface area contributed by atoms with Crippen molar-refractivity contribution in [1.82, 2.24) is 20.1 Å². The first-order chi connectivity index (χ1) is 17.1. The summed E-state index contributed by atoms with van der Waals surface area (Å²) >= 11 is 0. The van der Waals surface area contributed by atoms with Crippen LogP contribution in [0.1, 0.15) is 55.6 Å². The molecule has 8 nitrogen and oxygen atoms in total. The lowest BCUT2D eigenvalue weighted by Gasteiger charge is -2.26. The zero-order valence-electron chi connectivity index (χ0n) is 21.4. The minimum absolute atomic E-state index is 0.120. The Morgan fingerprint density at radius 2 is 1.97 bits per heavy atom. The number of aryl methyl sites for hydroxylation is 1. The van der Waals surface area contributed by atoms with Crippen molar-refractivity contribution in [2.24, 2.45) is 11.8 Å². The van der Waals surface area contributed by atoms with E-state index in [1.807, 2.05) is 13.8 Å². The number of nitrogens with one attached hydrogen (secondary N) is 2. The number of rotatable bonds is 11. The molecule has 1 amide bonds. The quantitative estimate of drug-likeness (QED) is 0.420. The average molecular weight is 512 g/mol. The number of amides is 1. The lowest BCUT2D eigenvalue weighted by Crippen LogP contribution is -2.31. The van der Waals surface area contributed by atoms with Gasteiger partial charge in [-0.25, -0.2) is 4.98 Å². The normalized spacial score (nSPS) is 18.2. The first kappa shape index (κ1) is 27.8. The smallest absolute Gasteiger partial charge is 0.411 e. The van der Waals surface area contributed by atoms with Gasteiger partial charge in [0.1, 0.15) is 18.2 Å². The lowest BCUT2D eigenvalue weighted by molar-refractivity contribution is -0.172. The molecule has 2 aromatic rings. The van der Waals surface area contributed by atoms with Crippen LogP contribution in [0.2, 0.25) is 0 Å². The Hall–Kier alpha value is -2.82. The summed E-state index contributed by atoms with van der Waals surface area (Å²) in [6.07, 6.45) is 1.92. The number of hydrogen-bond acceptors (Lipinski definition) is 6. The lowest BCUT2D eigenvalue weighted by atomic mass is 9.83. The zero-order chi connectivity index (χ0) is 26.3. The standard InChI is InChI=1S/C25H36F3N5O3/c1-5-33-23(17(3)22(32-33)24(34)31-13-18-8-6-16(2)7-9-18)19-14-30-21(12-20(19)35-4)29-10-11-36-15-25(26,27)28/h12,14,16,18H,5-11,13,15H2,1-4H3,(H,29,30)(H,31,34). The summed E-state index contributed by atoms with van der Waals surface area (Å²) in [4.78, 5) is 17.4. The van der Waals surface area contributed by atoms with E-state index in [4.69, 9.17) is 4.74 Å². The second-order valence-corrected chi connectivity index (χ2v) is 9.34. The first-order valence-electron chi connectivity index (χ1n) is 12.4. The van der Waals surface area contributed by atoms with Gasteiger partial charge in [0.05, 0.1) is 25.0 Å². The molecular formula is C25H36F3N5O3. The van der Waals surface area contributed by atoms with Crippen LogP contribution in [0, 0.1) is 18.8 Å². The Kier molecular flexibility index (Phi) is 9.58. The maximum atomic E-state index is 13.0. The summed E-state index contributed by atoms with van der Waals surface area (Å²) in [5.74, 6) is 2.01. The van der Waals surface area contributed by atoms with Gasteiger partial charge in [-0.15, -0.1) is 0 Å². The highest BCUT2D eigenvalue weighted by atomic mass is 19.4. The van der Waals surface area contributed by atoms with Gasteiger partial charge in [-0.1, -0.05) is 19.8 Å². The van der Waals surface area contributed by atoms with Gasteiger partial charge in [0, 0.05) is 37.5 Å². The zero-order valence-corrected chi connectivity index (χ0v) is 21.4.